The number of aldehydes is 1. The standard InChI is InChI=1S/C41H64O14.C6H12O6.C6H12O4/c1-19-36(47)27(42)14-33(50-19)54-38-21(3)52-34(16-29(38)44)55-37-20(2)51-32(15-28(37)43)53-24-8-10-39(4)23(13-24)6-7-26-25(39)9-11-40(5)35(22-12-31(46)49-18-22)30(45)17-41(26,40)48;7-1-3(9)5(11)6(12)4(10)2-8;1-3-6(9)4(7)2-5(8)10-3/h12,19-21,23-30,32-38,42-45,47-48H,6-11,13-18H2,1-5H3;1,3-6,8-12H,2H2;3-9H,2H2,1H3/t19-,20-,21-,23-,24+,25+,26-,27+,28+,29+,30+,32+,33+,34+,35+,36-,37-,38-,39+,40-,41+;3-,4+,5+,6+;3-,4+,5-,6-/m101/s1. The van der Waals surface area contributed by atoms with E-state index in [9.17, 15) is 40.2 Å². The lowest BCUT2D eigenvalue weighted by atomic mass is 9.43. The van der Waals surface area contributed by atoms with E-state index in [1.54, 1.807) is 20.8 Å². The van der Waals surface area contributed by atoms with E-state index < -0.39 is 147 Å². The van der Waals surface area contributed by atoms with Gasteiger partial charge >= 0.3 is 5.97 Å². The number of hydrogen-bond donors (Lipinski definition) is 14. The number of aliphatic hydroxyl groups excluding tert-OH is 13. The fraction of sp³-hybridized carbons (Fsp3) is 0.925. The second-order valence-electron chi connectivity index (χ2n) is 23.8. The van der Waals surface area contributed by atoms with Crippen LogP contribution in [0.3, 0.4) is 0 Å². The van der Waals surface area contributed by atoms with Crippen LogP contribution in [0, 0.1) is 34.5 Å². The molecule has 0 aromatic carbocycles. The van der Waals surface area contributed by atoms with E-state index in [1.807, 2.05) is 6.92 Å². The number of carbonyl (C=O) groups is 2. The van der Waals surface area contributed by atoms with Gasteiger partial charge in [0, 0.05) is 49.5 Å². The highest BCUT2D eigenvalue weighted by Gasteiger charge is 2.70. The largest absolute Gasteiger partial charge is 0.458 e. The number of hydrogen-bond acceptors (Lipinski definition) is 24. The molecule has 0 amide bonds. The highest BCUT2D eigenvalue weighted by Crippen LogP contribution is 2.70. The van der Waals surface area contributed by atoms with Gasteiger partial charge in [-0.15, -0.1) is 0 Å². The lowest BCUT2D eigenvalue weighted by Gasteiger charge is -2.63. The summed E-state index contributed by atoms with van der Waals surface area (Å²) < 4.78 is 46.9. The number of ether oxygens (including phenoxy) is 8. The summed E-state index contributed by atoms with van der Waals surface area (Å²) in [5.74, 6) is 0.174. The van der Waals surface area contributed by atoms with Crippen molar-refractivity contribution in [1.29, 1.82) is 0 Å². The first kappa shape index (κ1) is 62.6. The van der Waals surface area contributed by atoms with Gasteiger partial charge in [-0.3, -0.25) is 0 Å². The third kappa shape index (κ3) is 13.3. The molecule has 77 heavy (non-hydrogen) atoms. The Morgan fingerprint density at radius 2 is 1.19 bits per heavy atom. The average Bonchev–Trinajstić information content (AvgIpc) is 4.13. The van der Waals surface area contributed by atoms with Crippen LogP contribution >= 0.6 is 0 Å². The summed E-state index contributed by atoms with van der Waals surface area (Å²) in [5, 5.41) is 137. The van der Waals surface area contributed by atoms with Crippen LogP contribution in [0.15, 0.2) is 11.6 Å². The van der Waals surface area contributed by atoms with Gasteiger partial charge in [0.05, 0.1) is 73.2 Å². The topological polar surface area (TPSA) is 391 Å². The van der Waals surface area contributed by atoms with E-state index in [1.165, 1.54) is 6.08 Å². The first-order chi connectivity index (χ1) is 36.1. The van der Waals surface area contributed by atoms with E-state index in [2.05, 4.69) is 13.8 Å². The highest BCUT2D eigenvalue weighted by molar-refractivity contribution is 5.85. The minimum Gasteiger partial charge on any atom is -0.458 e. The van der Waals surface area contributed by atoms with Crippen LogP contribution in [0.25, 0.3) is 0 Å². The molecule has 444 valence electrons. The van der Waals surface area contributed by atoms with Crippen LogP contribution < -0.4 is 0 Å². The predicted octanol–water partition coefficient (Wildman–Crippen LogP) is -2.33. The number of aliphatic hydroxyl groups is 14. The summed E-state index contributed by atoms with van der Waals surface area (Å²) in [4.78, 5) is 21.8. The summed E-state index contributed by atoms with van der Waals surface area (Å²) >= 11 is 0. The molecular formula is C53H88O24. The van der Waals surface area contributed by atoms with E-state index in [0.29, 0.717) is 18.3 Å². The van der Waals surface area contributed by atoms with Crippen LogP contribution in [0.2, 0.25) is 0 Å². The quantitative estimate of drug-likeness (QED) is 0.0554. The van der Waals surface area contributed by atoms with Gasteiger partial charge < -0.3 is 114 Å². The van der Waals surface area contributed by atoms with E-state index in [4.69, 9.17) is 78.7 Å². The summed E-state index contributed by atoms with van der Waals surface area (Å²) in [6.07, 6.45) is -11.2. The summed E-state index contributed by atoms with van der Waals surface area (Å²) in [6.45, 7) is 10.8. The Hall–Kier alpha value is -1.96. The van der Waals surface area contributed by atoms with Gasteiger partial charge in [0.15, 0.2) is 31.4 Å². The van der Waals surface area contributed by atoms with Gasteiger partial charge in [-0.25, -0.2) is 4.79 Å². The Labute approximate surface area is 448 Å². The Balaban J connectivity index is 0.000000325. The Morgan fingerprint density at radius 3 is 1.71 bits per heavy atom. The summed E-state index contributed by atoms with van der Waals surface area (Å²) in [5.41, 5.74) is -0.686. The SMILES string of the molecule is C[C@H]1O[C@@H](O)C[C@H](O)[C@@H]1O.C[C@H]1O[C@@H](O[C@H]2[C@@H](O)C[C@H](O[C@H]3[C@@H](O)C[C@H](O[C@H]4CC[C@@]5(C)[C@H](CC[C@@H]6[C@@H]5CC[C@]5(C)[C@@H](C7=CC(=O)OC7)[C@@H](O)C[C@]65O)C4)O[C@@H]3C)O[C@@H]2C)C[C@H](O)[C@@H]1O.O=C[C@H](O)[C@@H](O)[C@H](O)[C@H](O)CO. The molecule has 0 aromatic rings. The van der Waals surface area contributed by atoms with Crippen LogP contribution in [-0.4, -0.2) is 238 Å². The molecule has 0 unspecified atom stereocenters. The second kappa shape index (κ2) is 25.7. The molecule has 4 saturated heterocycles. The number of carbonyl (C=O) groups excluding carboxylic acids is 2. The van der Waals surface area contributed by atoms with Crippen molar-refractivity contribution in [3.8, 4) is 0 Å². The maximum atomic E-state index is 12.6. The Bertz CT molecular complexity index is 1920. The molecule has 5 aliphatic heterocycles. The van der Waals surface area contributed by atoms with Crippen LogP contribution in [0.4, 0.5) is 0 Å². The van der Waals surface area contributed by atoms with Crippen molar-refractivity contribution in [2.24, 2.45) is 34.5 Å². The third-order valence-electron chi connectivity index (χ3n) is 18.9. The number of fused-ring (bicyclic) bond motifs is 5. The van der Waals surface area contributed by atoms with Crippen molar-refractivity contribution in [2.45, 2.75) is 259 Å². The molecule has 29 atom stereocenters. The van der Waals surface area contributed by atoms with Gasteiger partial charge in [0.1, 0.15) is 55.4 Å². The highest BCUT2D eigenvalue weighted by atomic mass is 16.7. The monoisotopic (exact) mass is 1110 g/mol. The number of esters is 1. The molecule has 24 nitrogen and oxygen atoms in total. The first-order valence-electron chi connectivity index (χ1n) is 27.6. The average molecular weight is 1110 g/mol. The van der Waals surface area contributed by atoms with Crippen LogP contribution in [0.1, 0.15) is 119 Å². The molecule has 8 fully saturated rings. The van der Waals surface area contributed by atoms with Crippen molar-refractivity contribution < 1.29 is 119 Å². The smallest absolute Gasteiger partial charge is 0.331 e. The van der Waals surface area contributed by atoms with Gasteiger partial charge in [0.25, 0.3) is 0 Å². The molecule has 4 saturated carbocycles. The zero-order valence-electron chi connectivity index (χ0n) is 44.9. The molecule has 0 spiro atoms. The zero-order valence-corrected chi connectivity index (χ0v) is 44.9. The molecule has 5 heterocycles. The lowest BCUT2D eigenvalue weighted by molar-refractivity contribution is -0.336. The van der Waals surface area contributed by atoms with E-state index in [0.717, 1.165) is 50.5 Å². The summed E-state index contributed by atoms with van der Waals surface area (Å²) in [7, 11) is 0. The van der Waals surface area contributed by atoms with E-state index in [-0.39, 0.29) is 67.9 Å². The molecule has 14 N–H and O–H groups in total. The fourth-order valence-corrected chi connectivity index (χ4v) is 14.5. The maximum Gasteiger partial charge on any atom is 0.331 e. The van der Waals surface area contributed by atoms with Crippen molar-refractivity contribution in [2.75, 3.05) is 13.2 Å². The van der Waals surface area contributed by atoms with E-state index >= 15 is 0 Å². The van der Waals surface area contributed by atoms with Crippen molar-refractivity contribution in [1.82, 2.24) is 0 Å². The molecule has 0 radical (unpaired) electrons. The minimum absolute atomic E-state index is 0.0203. The first-order valence-corrected chi connectivity index (χ1v) is 27.6. The van der Waals surface area contributed by atoms with Gasteiger partial charge in [-0.05, 0) is 101 Å². The van der Waals surface area contributed by atoms with Gasteiger partial charge in [0.2, 0.25) is 0 Å². The minimum atomic E-state index is -1.79. The predicted molar refractivity (Wildman–Crippen MR) is 263 cm³/mol. The molecule has 0 aromatic heterocycles. The zero-order chi connectivity index (χ0) is 56.6. The Kier molecular flexibility index (Phi) is 20.9. The maximum absolute atomic E-state index is 12.6. The van der Waals surface area contributed by atoms with Crippen molar-refractivity contribution >= 4 is 12.3 Å². The van der Waals surface area contributed by atoms with Crippen molar-refractivity contribution in [3.05, 3.63) is 11.6 Å². The molecule has 9 aliphatic rings. The molecular weight excluding hydrogens is 1020 g/mol. The molecule has 0 bridgehead atoms. The van der Waals surface area contributed by atoms with Crippen LogP contribution in [-0.2, 0) is 47.5 Å². The normalized spacial score (nSPS) is 49.4. The van der Waals surface area contributed by atoms with Crippen molar-refractivity contribution in [3.63, 3.8) is 0 Å². The second-order valence-corrected chi connectivity index (χ2v) is 23.8. The van der Waals surface area contributed by atoms with Gasteiger partial charge in [-0.2, -0.15) is 0 Å². The van der Waals surface area contributed by atoms with Crippen LogP contribution in [0.5, 0.6) is 0 Å². The molecule has 24 heteroatoms. The number of rotatable bonds is 12. The Morgan fingerprint density at radius 1 is 0.649 bits per heavy atom. The number of cyclic esters (lactones) is 1. The molecule has 4 aliphatic carbocycles. The van der Waals surface area contributed by atoms with Gasteiger partial charge in [-0.1, -0.05) is 13.8 Å². The lowest BCUT2D eigenvalue weighted by Crippen LogP contribution is -2.62. The fourth-order valence-electron chi connectivity index (χ4n) is 14.5. The molecule has 9 rings (SSSR count). The summed E-state index contributed by atoms with van der Waals surface area (Å²) in [6, 6.07) is 0. The third-order valence-corrected chi connectivity index (χ3v) is 18.9.